The zero-order chi connectivity index (χ0) is 26.9. The van der Waals surface area contributed by atoms with E-state index in [1.807, 2.05) is 119 Å². The van der Waals surface area contributed by atoms with Gasteiger partial charge < -0.3 is 4.90 Å². The lowest BCUT2D eigenvalue weighted by atomic mass is 9.89. The fourth-order valence-corrected chi connectivity index (χ4v) is 7.00. The largest absolute Gasteiger partial charge is 0.309 e. The van der Waals surface area contributed by atoms with Crippen molar-refractivity contribution in [1.29, 1.82) is 0 Å². The highest BCUT2D eigenvalue weighted by Crippen LogP contribution is 2.45. The number of para-hydroxylation sites is 2. The first-order chi connectivity index (χ1) is 19.0. The number of anilines is 2. The van der Waals surface area contributed by atoms with Crippen LogP contribution < -0.4 is 9.80 Å². The zero-order valence-electron chi connectivity index (χ0n) is 21.5. The summed E-state index contributed by atoms with van der Waals surface area (Å²) in [5, 5.41) is 1.37. The van der Waals surface area contributed by atoms with Gasteiger partial charge in [0.1, 0.15) is 4.88 Å². The van der Waals surface area contributed by atoms with Crippen molar-refractivity contribution in [3.63, 3.8) is 0 Å². The summed E-state index contributed by atoms with van der Waals surface area (Å²) in [5.74, 6) is -0.0896. The second kappa shape index (κ2) is 10.7. The Bertz CT molecular complexity index is 1650. The minimum Gasteiger partial charge on any atom is -0.309 e. The molecule has 0 N–H and O–H groups in total. The van der Waals surface area contributed by atoms with E-state index >= 15 is 0 Å². The SMILES string of the molecule is C[C@H]1C[C@@H](N(C(=O)c2sc3ccccc3c2Cl)c2ccccc2)c2ccccc2N1C(=O)Cc1ccccc1. The number of fused-ring (bicyclic) bond motifs is 2. The highest BCUT2D eigenvalue weighted by Gasteiger charge is 2.39. The van der Waals surface area contributed by atoms with Crippen molar-refractivity contribution in [1.82, 2.24) is 0 Å². The van der Waals surface area contributed by atoms with Gasteiger partial charge in [-0.1, -0.05) is 96.5 Å². The molecule has 39 heavy (non-hydrogen) atoms. The summed E-state index contributed by atoms with van der Waals surface area (Å²) in [6.45, 7) is 2.06. The molecule has 2 atom stereocenters. The van der Waals surface area contributed by atoms with Crippen molar-refractivity contribution >= 4 is 56.2 Å². The van der Waals surface area contributed by atoms with E-state index in [2.05, 4.69) is 6.92 Å². The smallest absolute Gasteiger partial charge is 0.270 e. The van der Waals surface area contributed by atoms with Crippen LogP contribution in [-0.4, -0.2) is 17.9 Å². The van der Waals surface area contributed by atoms with Crippen molar-refractivity contribution in [3.05, 3.63) is 130 Å². The number of amides is 2. The summed E-state index contributed by atoms with van der Waals surface area (Å²) < 4.78 is 0.981. The molecule has 0 fully saturated rings. The summed E-state index contributed by atoms with van der Waals surface area (Å²) in [6, 6.07) is 35.0. The summed E-state index contributed by atoms with van der Waals surface area (Å²) in [7, 11) is 0. The van der Waals surface area contributed by atoms with Crippen LogP contribution in [0.5, 0.6) is 0 Å². The Kier molecular flexibility index (Phi) is 6.94. The highest BCUT2D eigenvalue weighted by molar-refractivity contribution is 7.21. The Morgan fingerprint density at radius 1 is 0.872 bits per heavy atom. The van der Waals surface area contributed by atoms with E-state index in [9.17, 15) is 9.59 Å². The maximum atomic E-state index is 14.4. The summed E-state index contributed by atoms with van der Waals surface area (Å²) >= 11 is 8.22. The van der Waals surface area contributed by atoms with E-state index in [4.69, 9.17) is 11.6 Å². The number of hydrogen-bond donors (Lipinski definition) is 0. The molecule has 6 rings (SSSR count). The van der Waals surface area contributed by atoms with Gasteiger partial charge in [0, 0.05) is 27.5 Å². The van der Waals surface area contributed by atoms with Crippen LogP contribution in [0.15, 0.2) is 109 Å². The molecule has 2 heterocycles. The topological polar surface area (TPSA) is 40.6 Å². The third-order valence-corrected chi connectivity index (χ3v) is 8.98. The minimum atomic E-state index is -0.270. The van der Waals surface area contributed by atoms with Gasteiger partial charge in [-0.2, -0.15) is 0 Å². The Hall–Kier alpha value is -3.93. The van der Waals surface area contributed by atoms with E-state index in [-0.39, 0.29) is 23.9 Å². The van der Waals surface area contributed by atoms with Gasteiger partial charge in [0.25, 0.3) is 5.91 Å². The molecule has 0 radical (unpaired) electrons. The van der Waals surface area contributed by atoms with Gasteiger partial charge in [-0.05, 0) is 48.7 Å². The molecule has 4 aromatic carbocycles. The lowest BCUT2D eigenvalue weighted by molar-refractivity contribution is -0.118. The summed E-state index contributed by atoms with van der Waals surface area (Å²) in [5.41, 5.74) is 3.58. The summed E-state index contributed by atoms with van der Waals surface area (Å²) in [6.07, 6.45) is 0.920. The molecule has 0 bridgehead atoms. The molecule has 1 aliphatic rings. The zero-order valence-corrected chi connectivity index (χ0v) is 23.0. The number of carbonyl (C=O) groups excluding carboxylic acids is 2. The molecule has 4 nitrogen and oxygen atoms in total. The number of nitrogens with zero attached hydrogens (tertiary/aromatic N) is 2. The molecule has 6 heteroatoms. The van der Waals surface area contributed by atoms with Crippen molar-refractivity contribution in [2.75, 3.05) is 9.80 Å². The van der Waals surface area contributed by atoms with Gasteiger partial charge in [0.05, 0.1) is 17.5 Å². The molecule has 1 aliphatic heterocycles. The van der Waals surface area contributed by atoms with Gasteiger partial charge >= 0.3 is 0 Å². The molecule has 2 amide bonds. The first-order valence-corrected chi connectivity index (χ1v) is 14.2. The molecule has 1 aromatic heterocycles. The number of thiophene rings is 1. The van der Waals surface area contributed by atoms with Crippen molar-refractivity contribution in [2.24, 2.45) is 0 Å². The van der Waals surface area contributed by atoms with Crippen molar-refractivity contribution < 1.29 is 9.59 Å². The van der Waals surface area contributed by atoms with Crippen LogP contribution in [0.3, 0.4) is 0 Å². The second-order valence-corrected chi connectivity index (χ2v) is 11.3. The van der Waals surface area contributed by atoms with Gasteiger partial charge in [-0.25, -0.2) is 0 Å². The molecule has 0 spiro atoms. The fourth-order valence-electron chi connectivity index (χ4n) is 5.55. The molecule has 194 valence electrons. The molecular weight excluding hydrogens is 524 g/mol. The van der Waals surface area contributed by atoms with E-state index in [1.54, 1.807) is 0 Å². The van der Waals surface area contributed by atoms with Gasteiger partial charge in [0.15, 0.2) is 0 Å². The van der Waals surface area contributed by atoms with Crippen molar-refractivity contribution in [3.8, 4) is 0 Å². The second-order valence-electron chi connectivity index (χ2n) is 9.84. The lowest BCUT2D eigenvalue weighted by Crippen LogP contribution is -2.48. The average Bonchev–Trinajstić information content (AvgIpc) is 3.30. The molecule has 0 saturated carbocycles. The van der Waals surface area contributed by atoms with Gasteiger partial charge in [0.2, 0.25) is 5.91 Å². The molecule has 5 aromatic rings. The van der Waals surface area contributed by atoms with E-state index in [0.717, 1.165) is 32.6 Å². The number of benzene rings is 4. The van der Waals surface area contributed by atoms with E-state index < -0.39 is 0 Å². The Morgan fingerprint density at radius 2 is 1.51 bits per heavy atom. The quantitative estimate of drug-likeness (QED) is 0.221. The molecule has 0 aliphatic carbocycles. The first-order valence-electron chi connectivity index (χ1n) is 13.0. The van der Waals surface area contributed by atoms with Crippen LogP contribution >= 0.6 is 22.9 Å². The van der Waals surface area contributed by atoms with Crippen LogP contribution in [0.4, 0.5) is 11.4 Å². The third-order valence-electron chi connectivity index (χ3n) is 7.32. The lowest BCUT2D eigenvalue weighted by Gasteiger charge is -2.43. The summed E-state index contributed by atoms with van der Waals surface area (Å²) in [4.78, 5) is 32.3. The van der Waals surface area contributed by atoms with Crippen LogP contribution in [-0.2, 0) is 11.2 Å². The first kappa shape index (κ1) is 25.4. The molecule has 0 unspecified atom stereocenters. The van der Waals surface area contributed by atoms with Crippen LogP contribution in [0.2, 0.25) is 5.02 Å². The van der Waals surface area contributed by atoms with Crippen LogP contribution in [0, 0.1) is 0 Å². The van der Waals surface area contributed by atoms with Crippen LogP contribution in [0.1, 0.15) is 40.2 Å². The van der Waals surface area contributed by atoms with Crippen molar-refractivity contribution in [2.45, 2.75) is 31.8 Å². The third kappa shape index (κ3) is 4.73. The number of rotatable bonds is 5. The molecular formula is C33H27ClN2O2S. The predicted octanol–water partition coefficient (Wildman–Crippen LogP) is 8.31. The Balaban J connectivity index is 1.43. The number of hydrogen-bond acceptors (Lipinski definition) is 3. The standard InChI is InChI=1S/C33H27ClN2O2S/c1-22-20-28(25-16-8-10-18-27(25)35(22)30(37)21-23-12-4-2-5-13-23)36(24-14-6-3-7-15-24)33(38)32-31(34)26-17-9-11-19-29(26)39-32/h2-19,22,28H,20-21H2,1H3/t22-,28+/m0/s1. The maximum Gasteiger partial charge on any atom is 0.270 e. The minimum absolute atomic E-state index is 0.0461. The molecule has 0 saturated heterocycles. The highest BCUT2D eigenvalue weighted by atomic mass is 35.5. The van der Waals surface area contributed by atoms with E-state index in [0.29, 0.717) is 22.7 Å². The maximum absolute atomic E-state index is 14.4. The monoisotopic (exact) mass is 550 g/mol. The Labute approximate surface area is 237 Å². The van der Waals surface area contributed by atoms with E-state index in [1.165, 1.54) is 11.3 Å². The van der Waals surface area contributed by atoms with Gasteiger partial charge in [-0.3, -0.25) is 14.5 Å². The Morgan fingerprint density at radius 3 is 2.26 bits per heavy atom. The predicted molar refractivity (Wildman–Crippen MR) is 161 cm³/mol. The average molecular weight is 551 g/mol. The van der Waals surface area contributed by atoms with Crippen LogP contribution in [0.25, 0.3) is 10.1 Å². The number of carbonyl (C=O) groups is 2. The number of halogens is 1. The van der Waals surface area contributed by atoms with Gasteiger partial charge in [-0.15, -0.1) is 11.3 Å². The fraction of sp³-hybridized carbons (Fsp3) is 0.152. The normalized spacial score (nSPS) is 16.6.